The molecule has 3 nitrogen and oxygen atoms in total. The van der Waals surface area contributed by atoms with Crippen LogP contribution in [0.5, 0.6) is 0 Å². The van der Waals surface area contributed by atoms with E-state index in [1.165, 1.54) is 11.1 Å². The van der Waals surface area contributed by atoms with Gasteiger partial charge in [-0.05, 0) is 24.0 Å². The summed E-state index contributed by atoms with van der Waals surface area (Å²) in [6.07, 6.45) is 5.59. The smallest absolute Gasteiger partial charge is 0.0642 e. The number of rotatable bonds is 3. The van der Waals surface area contributed by atoms with E-state index in [0.717, 1.165) is 18.4 Å². The molecule has 17 heavy (non-hydrogen) atoms. The van der Waals surface area contributed by atoms with Crippen molar-refractivity contribution in [3.63, 3.8) is 0 Å². The summed E-state index contributed by atoms with van der Waals surface area (Å²) in [7, 11) is 0. The molecule has 0 aliphatic heterocycles. The Kier molecular flexibility index (Phi) is 3.20. The zero-order valence-electron chi connectivity index (χ0n) is 10.8. The fraction of sp³-hybridized carbons (Fsp3) is 0.500. The summed E-state index contributed by atoms with van der Waals surface area (Å²) >= 11 is 0. The fourth-order valence-corrected chi connectivity index (χ4v) is 2.28. The van der Waals surface area contributed by atoms with E-state index in [2.05, 4.69) is 36.8 Å². The molecule has 0 saturated heterocycles. The van der Waals surface area contributed by atoms with E-state index in [9.17, 15) is 0 Å². The molecule has 0 fully saturated rings. The van der Waals surface area contributed by atoms with Crippen molar-refractivity contribution in [2.24, 2.45) is 11.1 Å². The minimum atomic E-state index is 0.205. The van der Waals surface area contributed by atoms with Gasteiger partial charge in [0.15, 0.2) is 0 Å². The van der Waals surface area contributed by atoms with Crippen LogP contribution in [0.4, 0.5) is 0 Å². The summed E-state index contributed by atoms with van der Waals surface area (Å²) in [5.41, 5.74) is 8.75. The van der Waals surface area contributed by atoms with Gasteiger partial charge in [0.2, 0.25) is 0 Å². The van der Waals surface area contributed by atoms with Gasteiger partial charge in [-0.25, -0.2) is 0 Å². The second kappa shape index (κ2) is 4.49. The summed E-state index contributed by atoms with van der Waals surface area (Å²) in [5, 5.41) is 1.21. The molecule has 0 aliphatic rings. The molecule has 3 heteroatoms. The summed E-state index contributed by atoms with van der Waals surface area (Å²) in [6.45, 7) is 6.67. The normalized spacial score (nSPS) is 14.1. The van der Waals surface area contributed by atoms with Crippen LogP contribution in [0.3, 0.4) is 0 Å². The second-order valence-corrected chi connectivity index (χ2v) is 5.99. The lowest BCUT2D eigenvalue weighted by Gasteiger charge is -2.22. The first kappa shape index (κ1) is 12.1. The van der Waals surface area contributed by atoms with Crippen molar-refractivity contribution in [2.75, 3.05) is 0 Å². The largest absolute Gasteiger partial charge is 0.357 e. The van der Waals surface area contributed by atoms with Crippen LogP contribution >= 0.6 is 0 Å². The number of H-pyrrole nitrogens is 1. The number of fused-ring (bicyclic) bond motifs is 1. The summed E-state index contributed by atoms with van der Waals surface area (Å²) < 4.78 is 0. The quantitative estimate of drug-likeness (QED) is 0.853. The first-order valence-electron chi connectivity index (χ1n) is 6.11. The van der Waals surface area contributed by atoms with Gasteiger partial charge in [0, 0.05) is 29.7 Å². The van der Waals surface area contributed by atoms with Crippen molar-refractivity contribution < 1.29 is 0 Å². The van der Waals surface area contributed by atoms with Crippen molar-refractivity contribution in [1.82, 2.24) is 9.97 Å². The van der Waals surface area contributed by atoms with Gasteiger partial charge in [0.1, 0.15) is 0 Å². The maximum absolute atomic E-state index is 6.18. The SMILES string of the molecule is CC(C)(C)CC(N)Cc1cc2ccncc2[nH]1. The fourth-order valence-electron chi connectivity index (χ4n) is 2.28. The molecule has 0 bridgehead atoms. The van der Waals surface area contributed by atoms with Crippen molar-refractivity contribution in [2.45, 2.75) is 39.7 Å². The number of aromatic amines is 1. The predicted octanol–water partition coefficient (Wildman–Crippen LogP) is 2.87. The maximum atomic E-state index is 6.18. The highest BCUT2D eigenvalue weighted by Gasteiger charge is 2.16. The van der Waals surface area contributed by atoms with E-state index in [1.807, 2.05) is 18.5 Å². The van der Waals surface area contributed by atoms with Gasteiger partial charge in [-0.2, -0.15) is 0 Å². The first-order chi connectivity index (χ1) is 7.94. The van der Waals surface area contributed by atoms with Crippen LogP contribution in [0.25, 0.3) is 10.9 Å². The minimum absolute atomic E-state index is 0.205. The average molecular weight is 231 g/mol. The molecule has 3 N–H and O–H groups in total. The first-order valence-corrected chi connectivity index (χ1v) is 6.11. The van der Waals surface area contributed by atoms with Gasteiger partial charge in [0.05, 0.1) is 11.7 Å². The lowest BCUT2D eigenvalue weighted by molar-refractivity contribution is 0.337. The summed E-state index contributed by atoms with van der Waals surface area (Å²) in [4.78, 5) is 7.47. The molecule has 1 unspecified atom stereocenters. The van der Waals surface area contributed by atoms with Gasteiger partial charge >= 0.3 is 0 Å². The molecular weight excluding hydrogens is 210 g/mol. The van der Waals surface area contributed by atoms with Crippen molar-refractivity contribution in [3.05, 3.63) is 30.2 Å². The molecule has 2 rings (SSSR count). The third-order valence-electron chi connectivity index (χ3n) is 2.84. The van der Waals surface area contributed by atoms with Gasteiger partial charge in [-0.3, -0.25) is 4.98 Å². The molecule has 2 heterocycles. The molecule has 2 aromatic heterocycles. The molecule has 92 valence electrons. The van der Waals surface area contributed by atoms with Crippen molar-refractivity contribution in [3.8, 4) is 0 Å². The highest BCUT2D eigenvalue weighted by molar-refractivity contribution is 5.79. The van der Waals surface area contributed by atoms with Crippen molar-refractivity contribution in [1.29, 1.82) is 0 Å². The molecule has 0 radical (unpaired) electrons. The second-order valence-electron chi connectivity index (χ2n) is 5.99. The number of nitrogens with zero attached hydrogens (tertiary/aromatic N) is 1. The molecule has 0 amide bonds. The Balaban J connectivity index is 2.08. The van der Waals surface area contributed by atoms with Crippen LogP contribution in [-0.4, -0.2) is 16.0 Å². The van der Waals surface area contributed by atoms with Crippen LogP contribution in [0.2, 0.25) is 0 Å². The van der Waals surface area contributed by atoms with Crippen LogP contribution < -0.4 is 5.73 Å². The molecule has 0 saturated carbocycles. The number of pyridine rings is 1. The average Bonchev–Trinajstić information content (AvgIpc) is 2.55. The molecule has 0 aliphatic carbocycles. The number of hydrogen-bond donors (Lipinski definition) is 2. The van der Waals surface area contributed by atoms with Crippen molar-refractivity contribution >= 4 is 10.9 Å². The Bertz CT molecular complexity index is 460. The highest BCUT2D eigenvalue weighted by atomic mass is 14.8. The lowest BCUT2D eigenvalue weighted by Crippen LogP contribution is -2.28. The monoisotopic (exact) mass is 231 g/mol. The number of nitrogens with one attached hydrogen (secondary N) is 1. The van der Waals surface area contributed by atoms with E-state index < -0.39 is 0 Å². The Labute approximate surface area is 102 Å². The number of aromatic nitrogens is 2. The van der Waals surface area contributed by atoms with Gasteiger partial charge < -0.3 is 10.7 Å². The van der Waals surface area contributed by atoms with E-state index in [1.54, 1.807) is 0 Å². The molecule has 0 aromatic carbocycles. The van der Waals surface area contributed by atoms with Crippen LogP contribution in [0, 0.1) is 5.41 Å². The minimum Gasteiger partial charge on any atom is -0.357 e. The maximum Gasteiger partial charge on any atom is 0.0642 e. The zero-order chi connectivity index (χ0) is 12.5. The van der Waals surface area contributed by atoms with Crippen LogP contribution in [0.1, 0.15) is 32.9 Å². The number of nitrogens with two attached hydrogens (primary N) is 1. The zero-order valence-corrected chi connectivity index (χ0v) is 10.8. The van der Waals surface area contributed by atoms with Crippen LogP contribution in [-0.2, 0) is 6.42 Å². The van der Waals surface area contributed by atoms with Gasteiger partial charge in [-0.1, -0.05) is 20.8 Å². The topological polar surface area (TPSA) is 54.7 Å². The molecule has 2 aromatic rings. The molecule has 0 spiro atoms. The third-order valence-corrected chi connectivity index (χ3v) is 2.84. The number of hydrogen-bond acceptors (Lipinski definition) is 2. The Morgan fingerprint density at radius 3 is 2.82 bits per heavy atom. The van der Waals surface area contributed by atoms with E-state index in [4.69, 9.17) is 5.73 Å². The molecule has 1 atom stereocenters. The summed E-state index contributed by atoms with van der Waals surface area (Å²) in [6, 6.07) is 4.39. The van der Waals surface area contributed by atoms with Gasteiger partial charge in [-0.15, -0.1) is 0 Å². The predicted molar refractivity (Wildman–Crippen MR) is 71.8 cm³/mol. The molecular formula is C14H21N3. The highest BCUT2D eigenvalue weighted by Crippen LogP contribution is 2.22. The Hall–Kier alpha value is -1.35. The Morgan fingerprint density at radius 1 is 1.41 bits per heavy atom. The van der Waals surface area contributed by atoms with E-state index in [0.29, 0.717) is 0 Å². The van der Waals surface area contributed by atoms with Crippen LogP contribution in [0.15, 0.2) is 24.5 Å². The lowest BCUT2D eigenvalue weighted by atomic mass is 9.87. The van der Waals surface area contributed by atoms with Gasteiger partial charge in [0.25, 0.3) is 0 Å². The third kappa shape index (κ3) is 3.30. The summed E-state index contributed by atoms with van der Waals surface area (Å²) in [5.74, 6) is 0. The Morgan fingerprint density at radius 2 is 2.18 bits per heavy atom. The standard InChI is InChI=1S/C14H21N3/c1-14(2,3)8-11(15)7-12-6-10-4-5-16-9-13(10)17-12/h4-6,9,11,17H,7-8,15H2,1-3H3. The van der Waals surface area contributed by atoms with E-state index in [-0.39, 0.29) is 11.5 Å². The van der Waals surface area contributed by atoms with E-state index >= 15 is 0 Å².